The lowest BCUT2D eigenvalue weighted by molar-refractivity contribution is 0.0983. The molecular formula is C16H7ClO2S. The van der Waals surface area contributed by atoms with Crippen LogP contribution in [0.4, 0.5) is 0 Å². The van der Waals surface area contributed by atoms with Gasteiger partial charge >= 0.3 is 0 Å². The summed E-state index contributed by atoms with van der Waals surface area (Å²) in [5, 5.41) is 1.34. The van der Waals surface area contributed by atoms with Crippen molar-refractivity contribution >= 4 is 44.6 Å². The first kappa shape index (κ1) is 11.8. The van der Waals surface area contributed by atoms with Crippen LogP contribution in [-0.2, 0) is 0 Å². The molecule has 0 spiro atoms. The topological polar surface area (TPSA) is 34.1 Å². The third-order valence-corrected chi connectivity index (χ3v) is 4.90. The fourth-order valence-corrected chi connectivity index (χ4v) is 3.90. The highest BCUT2D eigenvalue weighted by molar-refractivity contribution is 7.21. The first-order chi connectivity index (χ1) is 9.66. The Balaban J connectivity index is 2.12. The van der Waals surface area contributed by atoms with Gasteiger partial charge in [0.1, 0.15) is 0 Å². The Hall–Kier alpha value is -1.97. The molecule has 1 aromatic heterocycles. The standard InChI is InChI=1S/C16H7ClO2S/c17-8-5-6-12-11(7-8)13-14(18)9-3-1-2-4-10(9)15(19)16(13)20-12/h1-7H. The van der Waals surface area contributed by atoms with Gasteiger partial charge < -0.3 is 0 Å². The van der Waals surface area contributed by atoms with Crippen molar-refractivity contribution in [2.75, 3.05) is 0 Å². The fourth-order valence-electron chi connectivity index (χ4n) is 2.59. The number of benzene rings is 2. The summed E-state index contributed by atoms with van der Waals surface area (Å²) in [6, 6.07) is 12.3. The molecule has 1 aliphatic rings. The number of thiophene rings is 1. The number of halogens is 1. The predicted octanol–water partition coefficient (Wildman–Crippen LogP) is 4.33. The Labute approximate surface area is 123 Å². The molecule has 20 heavy (non-hydrogen) atoms. The molecule has 2 aromatic carbocycles. The van der Waals surface area contributed by atoms with Crippen molar-refractivity contribution in [1.29, 1.82) is 0 Å². The van der Waals surface area contributed by atoms with Crippen LogP contribution >= 0.6 is 22.9 Å². The van der Waals surface area contributed by atoms with Gasteiger partial charge in [0.2, 0.25) is 5.78 Å². The minimum absolute atomic E-state index is 0.0764. The van der Waals surface area contributed by atoms with Crippen molar-refractivity contribution in [3.63, 3.8) is 0 Å². The molecule has 0 unspecified atom stereocenters. The molecule has 3 aromatic rings. The molecular weight excluding hydrogens is 292 g/mol. The van der Waals surface area contributed by atoms with Crippen molar-refractivity contribution in [3.8, 4) is 0 Å². The zero-order valence-electron chi connectivity index (χ0n) is 10.1. The summed E-state index contributed by atoms with van der Waals surface area (Å²) >= 11 is 7.37. The van der Waals surface area contributed by atoms with Crippen LogP contribution in [0.3, 0.4) is 0 Å². The third-order valence-electron chi connectivity index (χ3n) is 3.50. The lowest BCUT2D eigenvalue weighted by atomic mass is 9.87. The van der Waals surface area contributed by atoms with Crippen LogP contribution in [0.25, 0.3) is 10.1 Å². The molecule has 0 amide bonds. The average Bonchev–Trinajstić information content (AvgIpc) is 2.84. The number of rotatable bonds is 0. The average molecular weight is 299 g/mol. The van der Waals surface area contributed by atoms with E-state index in [4.69, 9.17) is 11.6 Å². The Kier molecular flexibility index (Phi) is 2.37. The zero-order chi connectivity index (χ0) is 13.9. The van der Waals surface area contributed by atoms with Crippen LogP contribution in [0.1, 0.15) is 31.2 Å². The summed E-state index contributed by atoms with van der Waals surface area (Å²) in [5.41, 5.74) is 1.46. The van der Waals surface area contributed by atoms with E-state index in [9.17, 15) is 9.59 Å². The summed E-state index contributed by atoms with van der Waals surface area (Å²) in [6.07, 6.45) is 0. The number of hydrogen-bond donors (Lipinski definition) is 0. The summed E-state index contributed by atoms with van der Waals surface area (Å²) in [4.78, 5) is 25.7. The number of carbonyl (C=O) groups excluding carboxylic acids is 2. The summed E-state index contributed by atoms with van der Waals surface area (Å²) < 4.78 is 0.911. The van der Waals surface area contributed by atoms with Gasteiger partial charge in [-0.2, -0.15) is 0 Å². The minimum atomic E-state index is -0.0938. The van der Waals surface area contributed by atoms with Gasteiger partial charge in [0.15, 0.2) is 5.78 Å². The number of fused-ring (bicyclic) bond motifs is 4. The predicted molar refractivity (Wildman–Crippen MR) is 80.1 cm³/mol. The zero-order valence-corrected chi connectivity index (χ0v) is 11.7. The van der Waals surface area contributed by atoms with Crippen LogP contribution in [0.5, 0.6) is 0 Å². The van der Waals surface area contributed by atoms with Crippen molar-refractivity contribution in [1.82, 2.24) is 0 Å². The van der Waals surface area contributed by atoms with E-state index in [-0.39, 0.29) is 11.6 Å². The molecule has 0 aliphatic heterocycles. The van der Waals surface area contributed by atoms with Crippen molar-refractivity contribution in [2.45, 2.75) is 0 Å². The third kappa shape index (κ3) is 1.45. The lowest BCUT2D eigenvalue weighted by Crippen LogP contribution is -2.18. The van der Waals surface area contributed by atoms with Crippen molar-refractivity contribution in [2.24, 2.45) is 0 Å². The molecule has 0 radical (unpaired) electrons. The van der Waals surface area contributed by atoms with Gasteiger partial charge in [0.05, 0.1) is 10.4 Å². The monoisotopic (exact) mass is 298 g/mol. The van der Waals surface area contributed by atoms with E-state index >= 15 is 0 Å². The maximum atomic E-state index is 12.7. The Bertz CT molecular complexity index is 908. The molecule has 1 heterocycles. The molecule has 4 rings (SSSR count). The maximum Gasteiger partial charge on any atom is 0.204 e. The van der Waals surface area contributed by atoms with E-state index in [2.05, 4.69) is 0 Å². The number of carbonyl (C=O) groups is 2. The molecule has 0 fully saturated rings. The van der Waals surface area contributed by atoms with Crippen LogP contribution < -0.4 is 0 Å². The minimum Gasteiger partial charge on any atom is -0.289 e. The van der Waals surface area contributed by atoms with E-state index in [0.717, 1.165) is 10.1 Å². The van der Waals surface area contributed by atoms with Crippen molar-refractivity contribution < 1.29 is 9.59 Å². The Morgan fingerprint density at radius 3 is 2.35 bits per heavy atom. The summed E-state index contributed by atoms with van der Waals surface area (Å²) in [7, 11) is 0. The lowest BCUT2D eigenvalue weighted by Gasteiger charge is -2.13. The largest absolute Gasteiger partial charge is 0.289 e. The van der Waals surface area contributed by atoms with E-state index in [1.54, 1.807) is 36.4 Å². The van der Waals surface area contributed by atoms with Crippen LogP contribution in [0.2, 0.25) is 5.02 Å². The summed E-state index contributed by atoms with van der Waals surface area (Å²) in [6.45, 7) is 0. The highest BCUT2D eigenvalue weighted by atomic mass is 35.5. The Morgan fingerprint density at radius 2 is 1.60 bits per heavy atom. The molecule has 1 aliphatic carbocycles. The molecule has 0 atom stereocenters. The second-order valence-electron chi connectivity index (χ2n) is 4.65. The number of ketones is 2. The van der Waals surface area contributed by atoms with E-state index in [0.29, 0.717) is 26.6 Å². The van der Waals surface area contributed by atoms with Gasteiger partial charge in [-0.3, -0.25) is 9.59 Å². The Morgan fingerprint density at radius 1 is 0.900 bits per heavy atom. The summed E-state index contributed by atoms with van der Waals surface area (Å²) in [5.74, 6) is -0.170. The number of hydrogen-bond acceptors (Lipinski definition) is 3. The molecule has 0 saturated carbocycles. The van der Waals surface area contributed by atoms with Gasteiger partial charge in [0.25, 0.3) is 0 Å². The van der Waals surface area contributed by atoms with Gasteiger partial charge in [-0.1, -0.05) is 35.9 Å². The first-order valence-electron chi connectivity index (χ1n) is 6.07. The van der Waals surface area contributed by atoms with Crippen LogP contribution in [-0.4, -0.2) is 11.6 Å². The van der Waals surface area contributed by atoms with Crippen molar-refractivity contribution in [3.05, 3.63) is 69.1 Å². The molecule has 2 nitrogen and oxygen atoms in total. The van der Waals surface area contributed by atoms with E-state index in [1.807, 2.05) is 6.07 Å². The normalized spacial score (nSPS) is 13.4. The van der Waals surface area contributed by atoms with E-state index < -0.39 is 0 Å². The van der Waals surface area contributed by atoms with Crippen LogP contribution in [0, 0.1) is 0 Å². The maximum absolute atomic E-state index is 12.7. The SMILES string of the molecule is O=C1c2ccccc2C(=O)c2c1sc1ccc(Cl)cc21. The quantitative estimate of drug-likeness (QED) is 0.484. The highest BCUT2D eigenvalue weighted by Gasteiger charge is 2.32. The second-order valence-corrected chi connectivity index (χ2v) is 6.14. The fraction of sp³-hybridized carbons (Fsp3) is 0. The van der Waals surface area contributed by atoms with E-state index in [1.165, 1.54) is 11.3 Å². The molecule has 96 valence electrons. The van der Waals surface area contributed by atoms with Gasteiger partial charge in [-0.15, -0.1) is 11.3 Å². The van der Waals surface area contributed by atoms with Gasteiger partial charge in [-0.25, -0.2) is 0 Å². The molecule has 0 N–H and O–H groups in total. The van der Waals surface area contributed by atoms with Gasteiger partial charge in [0, 0.05) is 26.2 Å². The second kappa shape index (κ2) is 4.01. The smallest absolute Gasteiger partial charge is 0.204 e. The molecule has 0 bridgehead atoms. The molecule has 0 saturated heterocycles. The van der Waals surface area contributed by atoms with Crippen LogP contribution in [0.15, 0.2) is 42.5 Å². The van der Waals surface area contributed by atoms with Gasteiger partial charge in [-0.05, 0) is 18.2 Å². The highest BCUT2D eigenvalue weighted by Crippen LogP contribution is 2.39. The first-order valence-corrected chi connectivity index (χ1v) is 7.27. The molecule has 4 heteroatoms.